The fourth-order valence-corrected chi connectivity index (χ4v) is 1.80. The van der Waals surface area contributed by atoms with Gasteiger partial charge in [0.2, 0.25) is 0 Å². The molecule has 0 unspecified atom stereocenters. The van der Waals surface area contributed by atoms with E-state index in [1.165, 1.54) is 0 Å². The Kier molecular flexibility index (Phi) is 6.39. The fourth-order valence-electron chi connectivity index (χ4n) is 1.80. The molecule has 0 saturated heterocycles. The lowest BCUT2D eigenvalue weighted by Gasteiger charge is -2.26. The summed E-state index contributed by atoms with van der Waals surface area (Å²) in [7, 11) is 3.34. The summed E-state index contributed by atoms with van der Waals surface area (Å²) in [5.74, 6) is 0.0745. The van der Waals surface area contributed by atoms with Crippen LogP contribution in [0.25, 0.3) is 0 Å². The molecule has 0 aliphatic heterocycles. The number of Topliss-reactive ketones (excluding diaryl/α,β-unsaturated/α-hetero) is 1. The zero-order valence-corrected chi connectivity index (χ0v) is 11.3. The Labute approximate surface area is 108 Å². The molecule has 1 aromatic rings. The van der Waals surface area contributed by atoms with E-state index in [9.17, 15) is 4.79 Å². The highest BCUT2D eigenvalue weighted by Crippen LogP contribution is 2.20. The first-order valence-electron chi connectivity index (χ1n) is 6.03. The van der Waals surface area contributed by atoms with Gasteiger partial charge in [0.1, 0.15) is 0 Å². The van der Waals surface area contributed by atoms with Crippen LogP contribution in [-0.4, -0.2) is 46.3 Å². The monoisotopic (exact) mass is 251 g/mol. The van der Waals surface area contributed by atoms with Gasteiger partial charge in [-0.1, -0.05) is 12.1 Å². The third kappa shape index (κ3) is 4.13. The minimum atomic E-state index is 0.0745. The number of carbonyl (C=O) groups is 1. The van der Waals surface area contributed by atoms with E-state index in [4.69, 9.17) is 9.47 Å². The second-order valence-electron chi connectivity index (χ2n) is 4.05. The number of methoxy groups -OCH3 is 2. The van der Waals surface area contributed by atoms with Gasteiger partial charge in [0, 0.05) is 38.6 Å². The third-order valence-corrected chi connectivity index (χ3v) is 2.75. The molecule has 0 N–H and O–H groups in total. The Morgan fingerprint density at radius 3 is 2.17 bits per heavy atom. The van der Waals surface area contributed by atoms with Crippen LogP contribution in [0.5, 0.6) is 0 Å². The van der Waals surface area contributed by atoms with E-state index >= 15 is 0 Å². The average Bonchev–Trinajstić information content (AvgIpc) is 2.39. The third-order valence-electron chi connectivity index (χ3n) is 2.75. The molecule has 4 nitrogen and oxygen atoms in total. The highest BCUT2D eigenvalue weighted by Gasteiger charge is 2.13. The number of carbonyl (C=O) groups excluding carboxylic acids is 1. The molecule has 0 atom stereocenters. The van der Waals surface area contributed by atoms with Crippen molar-refractivity contribution in [3.8, 4) is 0 Å². The first-order chi connectivity index (χ1) is 8.70. The summed E-state index contributed by atoms with van der Waals surface area (Å²) in [5.41, 5.74) is 1.68. The Morgan fingerprint density at radius 1 is 1.11 bits per heavy atom. The molecule has 0 aliphatic rings. The standard InChI is InChI=1S/C14H21NO3/c1-12(16)13-6-4-5-7-14(13)15(8-10-17-2)9-11-18-3/h4-7H,8-11H2,1-3H3. The van der Waals surface area contributed by atoms with E-state index < -0.39 is 0 Å². The summed E-state index contributed by atoms with van der Waals surface area (Å²) in [6, 6.07) is 7.63. The normalized spacial score (nSPS) is 10.4. The van der Waals surface area contributed by atoms with Crippen molar-refractivity contribution in [2.75, 3.05) is 45.4 Å². The molecular formula is C14H21NO3. The topological polar surface area (TPSA) is 38.8 Å². The van der Waals surface area contributed by atoms with Crippen molar-refractivity contribution in [1.29, 1.82) is 0 Å². The number of ether oxygens (including phenoxy) is 2. The maximum atomic E-state index is 11.6. The van der Waals surface area contributed by atoms with E-state index in [-0.39, 0.29) is 5.78 Å². The van der Waals surface area contributed by atoms with Crippen LogP contribution >= 0.6 is 0 Å². The van der Waals surface area contributed by atoms with Crippen molar-refractivity contribution in [3.63, 3.8) is 0 Å². The van der Waals surface area contributed by atoms with Gasteiger partial charge >= 0.3 is 0 Å². The fraction of sp³-hybridized carbons (Fsp3) is 0.500. The van der Waals surface area contributed by atoms with Crippen LogP contribution in [0.1, 0.15) is 17.3 Å². The SMILES string of the molecule is COCCN(CCOC)c1ccccc1C(C)=O. The minimum Gasteiger partial charge on any atom is -0.383 e. The van der Waals surface area contributed by atoms with Gasteiger partial charge in [-0.15, -0.1) is 0 Å². The average molecular weight is 251 g/mol. The smallest absolute Gasteiger partial charge is 0.161 e. The molecule has 0 radical (unpaired) electrons. The largest absolute Gasteiger partial charge is 0.383 e. The molecule has 0 bridgehead atoms. The lowest BCUT2D eigenvalue weighted by atomic mass is 10.1. The predicted molar refractivity (Wildman–Crippen MR) is 72.4 cm³/mol. The Hall–Kier alpha value is -1.39. The lowest BCUT2D eigenvalue weighted by molar-refractivity contribution is 0.101. The molecule has 0 heterocycles. The summed E-state index contributed by atoms with van der Waals surface area (Å²) < 4.78 is 10.2. The molecule has 0 fully saturated rings. The van der Waals surface area contributed by atoms with E-state index in [1.54, 1.807) is 21.1 Å². The van der Waals surface area contributed by atoms with Crippen LogP contribution in [-0.2, 0) is 9.47 Å². The number of hydrogen-bond acceptors (Lipinski definition) is 4. The zero-order valence-electron chi connectivity index (χ0n) is 11.3. The summed E-state index contributed by atoms with van der Waals surface area (Å²) in [4.78, 5) is 13.7. The number of benzene rings is 1. The quantitative estimate of drug-likeness (QED) is 0.662. The maximum Gasteiger partial charge on any atom is 0.161 e. The van der Waals surface area contributed by atoms with Gasteiger partial charge in [-0.25, -0.2) is 0 Å². The summed E-state index contributed by atoms with van der Waals surface area (Å²) in [5, 5.41) is 0. The molecule has 0 aliphatic carbocycles. The van der Waals surface area contributed by atoms with Crippen molar-refractivity contribution < 1.29 is 14.3 Å². The van der Waals surface area contributed by atoms with Crippen LogP contribution in [0.4, 0.5) is 5.69 Å². The number of hydrogen-bond donors (Lipinski definition) is 0. The molecule has 100 valence electrons. The van der Waals surface area contributed by atoms with E-state index in [1.807, 2.05) is 24.3 Å². The number of ketones is 1. The highest BCUT2D eigenvalue weighted by molar-refractivity contribution is 5.99. The second-order valence-corrected chi connectivity index (χ2v) is 4.05. The van der Waals surface area contributed by atoms with Crippen molar-refractivity contribution in [2.24, 2.45) is 0 Å². The van der Waals surface area contributed by atoms with Gasteiger partial charge in [0.15, 0.2) is 5.78 Å². The molecule has 1 aromatic carbocycles. The van der Waals surface area contributed by atoms with Crippen LogP contribution < -0.4 is 4.90 Å². The van der Waals surface area contributed by atoms with Crippen LogP contribution in [0.3, 0.4) is 0 Å². The van der Waals surface area contributed by atoms with Crippen molar-refractivity contribution in [3.05, 3.63) is 29.8 Å². The van der Waals surface area contributed by atoms with Crippen molar-refractivity contribution in [1.82, 2.24) is 0 Å². The van der Waals surface area contributed by atoms with Crippen molar-refractivity contribution in [2.45, 2.75) is 6.92 Å². The van der Waals surface area contributed by atoms with E-state index in [0.29, 0.717) is 13.2 Å². The summed E-state index contributed by atoms with van der Waals surface area (Å²) in [6.07, 6.45) is 0. The van der Waals surface area contributed by atoms with E-state index in [0.717, 1.165) is 24.3 Å². The summed E-state index contributed by atoms with van der Waals surface area (Å²) >= 11 is 0. The van der Waals surface area contributed by atoms with Crippen molar-refractivity contribution >= 4 is 11.5 Å². The molecular weight excluding hydrogens is 230 g/mol. The minimum absolute atomic E-state index is 0.0745. The molecule has 18 heavy (non-hydrogen) atoms. The second kappa shape index (κ2) is 7.84. The zero-order chi connectivity index (χ0) is 13.4. The van der Waals surface area contributed by atoms with Gasteiger partial charge in [-0.2, -0.15) is 0 Å². The summed E-state index contributed by atoms with van der Waals surface area (Å²) in [6.45, 7) is 4.31. The lowest BCUT2D eigenvalue weighted by Crippen LogP contribution is -2.31. The Balaban J connectivity index is 2.92. The number of para-hydroxylation sites is 1. The van der Waals surface area contributed by atoms with Crippen LogP contribution in [0.15, 0.2) is 24.3 Å². The van der Waals surface area contributed by atoms with Gasteiger partial charge in [-0.05, 0) is 19.1 Å². The molecule has 4 heteroatoms. The van der Waals surface area contributed by atoms with Crippen LogP contribution in [0.2, 0.25) is 0 Å². The van der Waals surface area contributed by atoms with Gasteiger partial charge in [-0.3, -0.25) is 4.79 Å². The van der Waals surface area contributed by atoms with E-state index in [2.05, 4.69) is 4.90 Å². The first-order valence-corrected chi connectivity index (χ1v) is 6.03. The molecule has 0 spiro atoms. The van der Waals surface area contributed by atoms with Gasteiger partial charge in [0.25, 0.3) is 0 Å². The molecule has 1 rings (SSSR count). The first kappa shape index (κ1) is 14.7. The molecule has 0 amide bonds. The predicted octanol–water partition coefficient (Wildman–Crippen LogP) is 1.99. The number of anilines is 1. The number of nitrogens with zero attached hydrogens (tertiary/aromatic N) is 1. The maximum absolute atomic E-state index is 11.6. The Morgan fingerprint density at radius 2 is 1.67 bits per heavy atom. The van der Waals surface area contributed by atoms with Crippen LogP contribution in [0, 0.1) is 0 Å². The van der Waals surface area contributed by atoms with Gasteiger partial charge < -0.3 is 14.4 Å². The number of rotatable bonds is 8. The molecule has 0 aromatic heterocycles. The van der Waals surface area contributed by atoms with Gasteiger partial charge in [0.05, 0.1) is 13.2 Å². The highest BCUT2D eigenvalue weighted by atomic mass is 16.5. The Bertz CT molecular complexity index is 371. The molecule has 0 saturated carbocycles.